The molecule has 0 saturated heterocycles. The molecular formula is C13H21N3. The maximum atomic E-state index is 5.77. The van der Waals surface area contributed by atoms with E-state index in [1.54, 1.807) is 6.20 Å². The molecule has 2 rings (SSSR count). The summed E-state index contributed by atoms with van der Waals surface area (Å²) in [5, 5.41) is 0. The predicted molar refractivity (Wildman–Crippen MR) is 67.0 cm³/mol. The van der Waals surface area contributed by atoms with Crippen molar-refractivity contribution in [1.29, 1.82) is 0 Å². The van der Waals surface area contributed by atoms with Crippen LogP contribution in [0.25, 0.3) is 0 Å². The van der Waals surface area contributed by atoms with E-state index in [2.05, 4.69) is 16.8 Å². The minimum absolute atomic E-state index is 0.758. The van der Waals surface area contributed by atoms with Crippen LogP contribution in [0.4, 0.5) is 5.69 Å². The second-order valence-corrected chi connectivity index (χ2v) is 4.58. The number of pyridine rings is 1. The molecular weight excluding hydrogens is 198 g/mol. The van der Waals surface area contributed by atoms with Gasteiger partial charge in [0.15, 0.2) is 0 Å². The van der Waals surface area contributed by atoms with Gasteiger partial charge in [0.05, 0.1) is 5.69 Å². The molecule has 88 valence electrons. The van der Waals surface area contributed by atoms with Crippen molar-refractivity contribution in [3.63, 3.8) is 0 Å². The molecule has 1 aliphatic rings. The lowest BCUT2D eigenvalue weighted by molar-refractivity contribution is 0.198. The Morgan fingerprint density at radius 1 is 1.44 bits per heavy atom. The maximum absolute atomic E-state index is 5.77. The van der Waals surface area contributed by atoms with E-state index < -0.39 is 0 Å². The van der Waals surface area contributed by atoms with E-state index in [-0.39, 0.29) is 0 Å². The van der Waals surface area contributed by atoms with Crippen molar-refractivity contribution >= 4 is 5.69 Å². The molecule has 1 heterocycles. The van der Waals surface area contributed by atoms with E-state index in [4.69, 9.17) is 5.73 Å². The van der Waals surface area contributed by atoms with Crippen LogP contribution in [-0.2, 0) is 6.54 Å². The third-order valence-corrected chi connectivity index (χ3v) is 3.45. The molecule has 0 unspecified atom stereocenters. The number of hydrogen-bond donors (Lipinski definition) is 1. The van der Waals surface area contributed by atoms with Gasteiger partial charge in [-0.25, -0.2) is 0 Å². The Balaban J connectivity index is 2.00. The molecule has 3 heteroatoms. The van der Waals surface area contributed by atoms with Gasteiger partial charge in [0.1, 0.15) is 0 Å². The van der Waals surface area contributed by atoms with Crippen LogP contribution in [0, 0.1) is 0 Å². The zero-order valence-corrected chi connectivity index (χ0v) is 10.0. The first kappa shape index (κ1) is 11.4. The van der Waals surface area contributed by atoms with Crippen molar-refractivity contribution in [2.24, 2.45) is 0 Å². The fourth-order valence-corrected chi connectivity index (χ4v) is 2.56. The van der Waals surface area contributed by atoms with Gasteiger partial charge in [0, 0.05) is 24.5 Å². The number of nitrogens with two attached hydrogens (primary N) is 1. The smallest absolute Gasteiger partial charge is 0.0564 e. The van der Waals surface area contributed by atoms with Crippen molar-refractivity contribution in [3.05, 3.63) is 24.0 Å². The van der Waals surface area contributed by atoms with E-state index in [0.29, 0.717) is 0 Å². The van der Waals surface area contributed by atoms with E-state index in [1.807, 2.05) is 12.1 Å². The van der Waals surface area contributed by atoms with Crippen LogP contribution in [0.2, 0.25) is 0 Å². The Morgan fingerprint density at radius 3 is 2.81 bits per heavy atom. The molecule has 0 radical (unpaired) electrons. The molecule has 1 aromatic rings. The molecule has 0 aliphatic heterocycles. The molecule has 0 aromatic carbocycles. The van der Waals surface area contributed by atoms with E-state index >= 15 is 0 Å². The summed E-state index contributed by atoms with van der Waals surface area (Å²) in [4.78, 5) is 6.90. The van der Waals surface area contributed by atoms with Gasteiger partial charge in [-0.05, 0) is 31.5 Å². The lowest BCUT2D eigenvalue weighted by Crippen LogP contribution is -2.32. The molecule has 1 fully saturated rings. The average molecular weight is 219 g/mol. The van der Waals surface area contributed by atoms with E-state index in [0.717, 1.165) is 30.5 Å². The Kier molecular flexibility index (Phi) is 3.78. The highest BCUT2D eigenvalue weighted by Gasteiger charge is 2.21. The zero-order valence-electron chi connectivity index (χ0n) is 10.0. The SMILES string of the molecule is CCN(Cc1cc(N)ccn1)C1CCCC1. The zero-order chi connectivity index (χ0) is 11.4. The Labute approximate surface area is 97.7 Å². The normalized spacial score (nSPS) is 17.1. The molecule has 2 N–H and O–H groups in total. The second kappa shape index (κ2) is 5.30. The Hall–Kier alpha value is -1.09. The first-order chi connectivity index (χ1) is 7.79. The van der Waals surface area contributed by atoms with Gasteiger partial charge in [-0.3, -0.25) is 9.88 Å². The number of aromatic nitrogens is 1. The quantitative estimate of drug-likeness (QED) is 0.845. The van der Waals surface area contributed by atoms with Crippen molar-refractivity contribution in [3.8, 4) is 0 Å². The number of nitrogen functional groups attached to an aromatic ring is 1. The van der Waals surface area contributed by atoms with Crippen molar-refractivity contribution in [2.45, 2.75) is 45.2 Å². The lowest BCUT2D eigenvalue weighted by atomic mass is 10.2. The van der Waals surface area contributed by atoms with Crippen molar-refractivity contribution < 1.29 is 0 Å². The van der Waals surface area contributed by atoms with Crippen molar-refractivity contribution in [1.82, 2.24) is 9.88 Å². The van der Waals surface area contributed by atoms with Crippen LogP contribution in [-0.4, -0.2) is 22.5 Å². The molecule has 1 aliphatic carbocycles. The van der Waals surface area contributed by atoms with Crippen LogP contribution >= 0.6 is 0 Å². The number of nitrogens with zero attached hydrogens (tertiary/aromatic N) is 2. The number of anilines is 1. The van der Waals surface area contributed by atoms with Gasteiger partial charge < -0.3 is 5.73 Å². The minimum Gasteiger partial charge on any atom is -0.399 e. The fourth-order valence-electron chi connectivity index (χ4n) is 2.56. The standard InChI is InChI=1S/C13H21N3/c1-2-16(13-5-3-4-6-13)10-12-9-11(14)7-8-15-12/h7-9,13H,2-6,10H2,1H3,(H2,14,15). The van der Waals surface area contributed by atoms with E-state index in [1.165, 1.54) is 25.7 Å². The molecule has 3 nitrogen and oxygen atoms in total. The van der Waals surface area contributed by atoms with Crippen LogP contribution in [0.3, 0.4) is 0 Å². The highest BCUT2D eigenvalue weighted by Crippen LogP contribution is 2.24. The molecule has 16 heavy (non-hydrogen) atoms. The summed E-state index contributed by atoms with van der Waals surface area (Å²) in [6.45, 7) is 4.26. The van der Waals surface area contributed by atoms with E-state index in [9.17, 15) is 0 Å². The molecule has 0 atom stereocenters. The van der Waals surface area contributed by atoms with Gasteiger partial charge >= 0.3 is 0 Å². The summed E-state index contributed by atoms with van der Waals surface area (Å²) in [5.74, 6) is 0. The fraction of sp³-hybridized carbons (Fsp3) is 0.615. The average Bonchev–Trinajstić information content (AvgIpc) is 2.79. The van der Waals surface area contributed by atoms with Crippen LogP contribution in [0.1, 0.15) is 38.3 Å². The second-order valence-electron chi connectivity index (χ2n) is 4.58. The maximum Gasteiger partial charge on any atom is 0.0564 e. The first-order valence-corrected chi connectivity index (χ1v) is 6.24. The molecule has 0 amide bonds. The molecule has 0 spiro atoms. The van der Waals surface area contributed by atoms with Gasteiger partial charge in [0.2, 0.25) is 0 Å². The highest BCUT2D eigenvalue weighted by atomic mass is 15.2. The topological polar surface area (TPSA) is 42.1 Å². The Bertz CT molecular complexity index is 332. The lowest BCUT2D eigenvalue weighted by Gasteiger charge is -2.26. The number of hydrogen-bond acceptors (Lipinski definition) is 3. The monoisotopic (exact) mass is 219 g/mol. The summed E-state index contributed by atoms with van der Waals surface area (Å²) < 4.78 is 0. The van der Waals surface area contributed by atoms with Crippen molar-refractivity contribution in [2.75, 3.05) is 12.3 Å². The molecule has 1 aromatic heterocycles. The third kappa shape index (κ3) is 2.73. The van der Waals surface area contributed by atoms with Crippen LogP contribution < -0.4 is 5.73 Å². The minimum atomic E-state index is 0.758. The van der Waals surface area contributed by atoms with Crippen LogP contribution in [0.5, 0.6) is 0 Å². The summed E-state index contributed by atoms with van der Waals surface area (Å²) in [5.41, 5.74) is 7.67. The highest BCUT2D eigenvalue weighted by molar-refractivity contribution is 5.37. The number of rotatable bonds is 4. The molecule has 1 saturated carbocycles. The summed E-state index contributed by atoms with van der Waals surface area (Å²) in [6, 6.07) is 4.58. The Morgan fingerprint density at radius 2 is 2.19 bits per heavy atom. The van der Waals surface area contributed by atoms with Crippen LogP contribution in [0.15, 0.2) is 18.3 Å². The summed E-state index contributed by atoms with van der Waals surface area (Å²) in [6.07, 6.45) is 7.25. The summed E-state index contributed by atoms with van der Waals surface area (Å²) in [7, 11) is 0. The van der Waals surface area contributed by atoms with Gasteiger partial charge in [-0.15, -0.1) is 0 Å². The van der Waals surface area contributed by atoms with Gasteiger partial charge in [0.25, 0.3) is 0 Å². The predicted octanol–water partition coefficient (Wildman–Crippen LogP) is 2.43. The largest absolute Gasteiger partial charge is 0.399 e. The summed E-state index contributed by atoms with van der Waals surface area (Å²) >= 11 is 0. The van der Waals surface area contributed by atoms with Gasteiger partial charge in [-0.1, -0.05) is 19.8 Å². The molecule has 0 bridgehead atoms. The van der Waals surface area contributed by atoms with Gasteiger partial charge in [-0.2, -0.15) is 0 Å². The first-order valence-electron chi connectivity index (χ1n) is 6.24. The third-order valence-electron chi connectivity index (χ3n) is 3.45.